The molecule has 0 aromatic carbocycles. The fourth-order valence-corrected chi connectivity index (χ4v) is 1.84. The van der Waals surface area contributed by atoms with E-state index in [0.717, 1.165) is 0 Å². The molecule has 7 nitrogen and oxygen atoms in total. The van der Waals surface area contributed by atoms with Crippen LogP contribution in [0.3, 0.4) is 0 Å². The molecule has 0 radical (unpaired) electrons. The fourth-order valence-electron chi connectivity index (χ4n) is 1.84. The van der Waals surface area contributed by atoms with Crippen molar-refractivity contribution in [3.8, 4) is 0 Å². The van der Waals surface area contributed by atoms with Crippen LogP contribution >= 0.6 is 0 Å². The van der Waals surface area contributed by atoms with Crippen molar-refractivity contribution in [2.45, 2.75) is 52.0 Å². The SMILES string of the molecule is Cc1oc(C(C)(C)C)cc1C(=O)NC(CCC(=O)O)C(=O)O. The van der Waals surface area contributed by atoms with Crippen molar-refractivity contribution < 1.29 is 29.0 Å². The van der Waals surface area contributed by atoms with Gasteiger partial charge in [0, 0.05) is 11.8 Å². The Bertz CT molecular complexity index is 581. The van der Waals surface area contributed by atoms with Crippen molar-refractivity contribution in [2.75, 3.05) is 0 Å². The summed E-state index contributed by atoms with van der Waals surface area (Å²) in [5.41, 5.74) is -0.0230. The molecular weight excluding hydrogens is 290 g/mol. The number of rotatable bonds is 6. The summed E-state index contributed by atoms with van der Waals surface area (Å²) < 4.78 is 5.54. The highest BCUT2D eigenvalue weighted by molar-refractivity contribution is 5.97. The summed E-state index contributed by atoms with van der Waals surface area (Å²) >= 11 is 0. The average Bonchev–Trinajstić information content (AvgIpc) is 2.75. The number of carbonyl (C=O) groups excluding carboxylic acids is 1. The first-order valence-electron chi connectivity index (χ1n) is 6.88. The maximum atomic E-state index is 12.2. The van der Waals surface area contributed by atoms with Gasteiger partial charge in [0.15, 0.2) is 0 Å². The van der Waals surface area contributed by atoms with Crippen LogP contribution in [-0.4, -0.2) is 34.1 Å². The number of amides is 1. The van der Waals surface area contributed by atoms with Crippen LogP contribution in [0.15, 0.2) is 10.5 Å². The van der Waals surface area contributed by atoms with Gasteiger partial charge in [0.1, 0.15) is 17.6 Å². The number of carbonyl (C=O) groups is 3. The maximum absolute atomic E-state index is 12.2. The molecule has 1 atom stereocenters. The molecule has 22 heavy (non-hydrogen) atoms. The molecule has 122 valence electrons. The van der Waals surface area contributed by atoms with Crippen LogP contribution in [0.1, 0.15) is 55.5 Å². The summed E-state index contributed by atoms with van der Waals surface area (Å²) in [6.07, 6.45) is -0.520. The third-order valence-electron chi connectivity index (χ3n) is 3.15. The van der Waals surface area contributed by atoms with Crippen molar-refractivity contribution >= 4 is 17.8 Å². The zero-order valence-corrected chi connectivity index (χ0v) is 13.1. The monoisotopic (exact) mass is 311 g/mol. The molecule has 1 aromatic heterocycles. The van der Waals surface area contributed by atoms with E-state index in [2.05, 4.69) is 5.32 Å². The molecule has 1 heterocycles. The highest BCUT2D eigenvalue weighted by Gasteiger charge is 2.26. The molecule has 1 rings (SSSR count). The fraction of sp³-hybridized carbons (Fsp3) is 0.533. The van der Waals surface area contributed by atoms with E-state index < -0.39 is 23.9 Å². The molecule has 0 saturated carbocycles. The average molecular weight is 311 g/mol. The van der Waals surface area contributed by atoms with E-state index in [-0.39, 0.29) is 23.8 Å². The third-order valence-corrected chi connectivity index (χ3v) is 3.15. The van der Waals surface area contributed by atoms with Gasteiger partial charge in [-0.05, 0) is 19.4 Å². The van der Waals surface area contributed by atoms with Crippen LogP contribution < -0.4 is 5.32 Å². The lowest BCUT2D eigenvalue weighted by atomic mass is 9.93. The predicted octanol–water partition coefficient (Wildman–Crippen LogP) is 1.93. The summed E-state index contributed by atoms with van der Waals surface area (Å²) in [5.74, 6) is -1.96. The van der Waals surface area contributed by atoms with E-state index in [9.17, 15) is 14.4 Å². The minimum Gasteiger partial charge on any atom is -0.481 e. The van der Waals surface area contributed by atoms with E-state index in [1.54, 1.807) is 13.0 Å². The molecule has 0 aliphatic heterocycles. The van der Waals surface area contributed by atoms with Crippen LogP contribution in [0.4, 0.5) is 0 Å². The molecule has 0 saturated heterocycles. The summed E-state index contributed by atoms with van der Waals surface area (Å²) in [7, 11) is 0. The van der Waals surface area contributed by atoms with Crippen LogP contribution in [0.25, 0.3) is 0 Å². The van der Waals surface area contributed by atoms with Crippen LogP contribution in [0, 0.1) is 6.92 Å². The molecule has 0 spiro atoms. The third kappa shape index (κ3) is 4.61. The van der Waals surface area contributed by atoms with Crippen molar-refractivity contribution in [2.24, 2.45) is 0 Å². The minimum atomic E-state index is -1.27. The van der Waals surface area contributed by atoms with Gasteiger partial charge in [0.25, 0.3) is 5.91 Å². The Labute approximate surface area is 128 Å². The van der Waals surface area contributed by atoms with Crippen LogP contribution in [0.2, 0.25) is 0 Å². The predicted molar refractivity (Wildman–Crippen MR) is 77.9 cm³/mol. The van der Waals surface area contributed by atoms with Gasteiger partial charge in [-0.25, -0.2) is 4.79 Å². The number of nitrogens with one attached hydrogen (secondary N) is 1. The normalized spacial score (nSPS) is 12.7. The lowest BCUT2D eigenvalue weighted by Gasteiger charge is -2.14. The van der Waals surface area contributed by atoms with Gasteiger partial charge in [-0.2, -0.15) is 0 Å². The van der Waals surface area contributed by atoms with E-state index >= 15 is 0 Å². The summed E-state index contributed by atoms with van der Waals surface area (Å²) in [5, 5.41) is 20.0. The van der Waals surface area contributed by atoms with E-state index in [1.165, 1.54) is 0 Å². The second-order valence-corrected chi connectivity index (χ2v) is 6.13. The first-order chi connectivity index (χ1) is 10.0. The topological polar surface area (TPSA) is 117 Å². The second kappa shape index (κ2) is 6.64. The lowest BCUT2D eigenvalue weighted by molar-refractivity contribution is -0.140. The smallest absolute Gasteiger partial charge is 0.326 e. The highest BCUT2D eigenvalue weighted by Crippen LogP contribution is 2.27. The Hall–Kier alpha value is -2.31. The van der Waals surface area contributed by atoms with Gasteiger partial charge < -0.3 is 19.9 Å². The second-order valence-electron chi connectivity index (χ2n) is 6.13. The number of hydrogen-bond donors (Lipinski definition) is 3. The first-order valence-corrected chi connectivity index (χ1v) is 6.88. The highest BCUT2D eigenvalue weighted by atomic mass is 16.4. The molecular formula is C15H21NO6. The molecule has 0 fully saturated rings. The Balaban J connectivity index is 2.88. The molecule has 0 aliphatic rings. The molecule has 1 amide bonds. The largest absolute Gasteiger partial charge is 0.481 e. The van der Waals surface area contributed by atoms with Crippen molar-refractivity contribution in [3.63, 3.8) is 0 Å². The van der Waals surface area contributed by atoms with Crippen LogP contribution in [-0.2, 0) is 15.0 Å². The van der Waals surface area contributed by atoms with Gasteiger partial charge >= 0.3 is 11.9 Å². The van der Waals surface area contributed by atoms with E-state index in [1.807, 2.05) is 20.8 Å². The molecule has 0 aliphatic carbocycles. The van der Waals surface area contributed by atoms with Gasteiger partial charge in [0.05, 0.1) is 5.56 Å². The minimum absolute atomic E-state index is 0.181. The quantitative estimate of drug-likeness (QED) is 0.739. The van der Waals surface area contributed by atoms with Gasteiger partial charge in [-0.1, -0.05) is 20.8 Å². The molecule has 3 N–H and O–H groups in total. The zero-order valence-electron chi connectivity index (χ0n) is 13.1. The Kier molecular flexibility index (Phi) is 5.35. The first kappa shape index (κ1) is 17.7. The number of aliphatic carboxylic acids is 2. The number of carboxylic acid groups (broad SMARTS) is 2. The number of carboxylic acids is 2. The summed E-state index contributed by atoms with van der Waals surface area (Å²) in [6.45, 7) is 7.41. The van der Waals surface area contributed by atoms with Gasteiger partial charge in [0.2, 0.25) is 0 Å². The Morgan fingerprint density at radius 2 is 1.86 bits per heavy atom. The summed E-state index contributed by atoms with van der Waals surface area (Å²) in [4.78, 5) is 33.8. The Morgan fingerprint density at radius 3 is 2.27 bits per heavy atom. The van der Waals surface area contributed by atoms with Gasteiger partial charge in [-0.3, -0.25) is 9.59 Å². The van der Waals surface area contributed by atoms with Crippen molar-refractivity contribution in [1.29, 1.82) is 0 Å². The molecule has 1 unspecified atom stereocenters. The zero-order chi connectivity index (χ0) is 17.1. The van der Waals surface area contributed by atoms with E-state index in [4.69, 9.17) is 14.6 Å². The van der Waals surface area contributed by atoms with Crippen LogP contribution in [0.5, 0.6) is 0 Å². The van der Waals surface area contributed by atoms with E-state index in [0.29, 0.717) is 11.5 Å². The summed E-state index contributed by atoms with van der Waals surface area (Å²) in [6, 6.07) is 0.330. The number of aryl methyl sites for hydroxylation is 1. The van der Waals surface area contributed by atoms with Crippen molar-refractivity contribution in [3.05, 3.63) is 23.2 Å². The molecule has 1 aromatic rings. The number of furan rings is 1. The number of hydrogen-bond acceptors (Lipinski definition) is 4. The molecule has 7 heteroatoms. The lowest BCUT2D eigenvalue weighted by Crippen LogP contribution is -2.41. The van der Waals surface area contributed by atoms with Crippen molar-refractivity contribution in [1.82, 2.24) is 5.32 Å². The standard InChI is InChI=1S/C15H21NO6/c1-8-9(7-11(22-8)15(2,3)4)13(19)16-10(14(20)21)5-6-12(17)18/h7,10H,5-6H2,1-4H3,(H,16,19)(H,17,18)(H,20,21). The van der Waals surface area contributed by atoms with Gasteiger partial charge in [-0.15, -0.1) is 0 Å². The Morgan fingerprint density at radius 1 is 1.27 bits per heavy atom. The molecule has 0 bridgehead atoms. The maximum Gasteiger partial charge on any atom is 0.326 e.